The molecule has 1 saturated carbocycles. The van der Waals surface area contributed by atoms with Crippen LogP contribution in [0.15, 0.2) is 18.3 Å². The molecule has 0 radical (unpaired) electrons. The maximum atomic E-state index is 13.5. The third kappa shape index (κ3) is 3.28. The number of halogens is 1. The molecule has 4 rings (SSSR count). The summed E-state index contributed by atoms with van der Waals surface area (Å²) in [6.07, 6.45) is 5.82. The zero-order valence-electron chi connectivity index (χ0n) is 14.5. The van der Waals surface area contributed by atoms with Crippen LogP contribution in [0.25, 0.3) is 0 Å². The first-order valence-electron chi connectivity index (χ1n) is 8.89. The third-order valence-corrected chi connectivity index (χ3v) is 5.14. The van der Waals surface area contributed by atoms with Gasteiger partial charge in [-0.15, -0.1) is 0 Å². The first-order valence-corrected chi connectivity index (χ1v) is 8.89. The summed E-state index contributed by atoms with van der Waals surface area (Å²) in [5, 5.41) is 3.33. The Kier molecular flexibility index (Phi) is 4.25. The van der Waals surface area contributed by atoms with E-state index in [0.29, 0.717) is 17.7 Å². The highest BCUT2D eigenvalue weighted by atomic mass is 19.1. The minimum Gasteiger partial charge on any atom is -0.349 e. The van der Waals surface area contributed by atoms with Crippen molar-refractivity contribution in [3.8, 4) is 0 Å². The molecule has 3 unspecified atom stereocenters. The standard InChI is InChI=1S/C18H23FN6/c1-10-5-3-4-6-13(10)17-21-11(2)7-15(22-17)23-18-14-8-12(19)9-20-16(14)24-25-18/h7-10,13,18,25H,3-6H2,1-2H3,(H,20,24)(H,21,22,23). The molecule has 6 nitrogen and oxygen atoms in total. The number of hydrogen-bond acceptors (Lipinski definition) is 6. The van der Waals surface area contributed by atoms with Gasteiger partial charge in [0.25, 0.3) is 0 Å². The lowest BCUT2D eigenvalue weighted by molar-refractivity contribution is 0.319. The van der Waals surface area contributed by atoms with Gasteiger partial charge in [-0.3, -0.25) is 0 Å². The molecule has 7 heteroatoms. The van der Waals surface area contributed by atoms with E-state index in [1.807, 2.05) is 13.0 Å². The van der Waals surface area contributed by atoms with E-state index in [-0.39, 0.29) is 12.0 Å². The van der Waals surface area contributed by atoms with Crippen LogP contribution in [0.1, 0.15) is 61.8 Å². The molecule has 0 aromatic carbocycles. The van der Waals surface area contributed by atoms with Crippen LogP contribution in [0.5, 0.6) is 0 Å². The second kappa shape index (κ2) is 6.55. The summed E-state index contributed by atoms with van der Waals surface area (Å²) in [4.78, 5) is 13.5. The zero-order valence-corrected chi connectivity index (χ0v) is 14.5. The number of fused-ring (bicyclic) bond motifs is 1. The molecule has 2 aromatic rings. The van der Waals surface area contributed by atoms with Crippen LogP contribution in [0.2, 0.25) is 0 Å². The Morgan fingerprint density at radius 1 is 1.20 bits per heavy atom. The Labute approximate surface area is 146 Å². The molecular formula is C18H23FN6. The predicted octanol–water partition coefficient (Wildman–Crippen LogP) is 3.65. The minimum absolute atomic E-state index is 0.288. The van der Waals surface area contributed by atoms with Crippen LogP contribution >= 0.6 is 0 Å². The number of hydrogen-bond donors (Lipinski definition) is 3. The van der Waals surface area contributed by atoms with Crippen molar-refractivity contribution in [1.29, 1.82) is 0 Å². The monoisotopic (exact) mass is 342 g/mol. The molecule has 1 fully saturated rings. The summed E-state index contributed by atoms with van der Waals surface area (Å²) in [5.41, 5.74) is 7.72. The van der Waals surface area contributed by atoms with Crippen molar-refractivity contribution in [3.63, 3.8) is 0 Å². The van der Waals surface area contributed by atoms with E-state index in [4.69, 9.17) is 4.98 Å². The van der Waals surface area contributed by atoms with E-state index in [0.717, 1.165) is 29.3 Å². The maximum absolute atomic E-state index is 13.5. The molecule has 2 aliphatic rings. The van der Waals surface area contributed by atoms with Crippen LogP contribution in [-0.4, -0.2) is 15.0 Å². The van der Waals surface area contributed by atoms with Gasteiger partial charge in [-0.2, -0.15) is 0 Å². The minimum atomic E-state index is -0.355. The van der Waals surface area contributed by atoms with Crippen molar-refractivity contribution in [3.05, 3.63) is 41.2 Å². The fourth-order valence-corrected chi connectivity index (χ4v) is 3.79. The van der Waals surface area contributed by atoms with E-state index in [1.165, 1.54) is 31.5 Å². The normalized spacial score (nSPS) is 25.3. The molecule has 1 aliphatic carbocycles. The molecule has 25 heavy (non-hydrogen) atoms. The number of anilines is 2. The van der Waals surface area contributed by atoms with E-state index >= 15 is 0 Å². The lowest BCUT2D eigenvalue weighted by atomic mass is 9.80. The van der Waals surface area contributed by atoms with E-state index < -0.39 is 0 Å². The van der Waals surface area contributed by atoms with Gasteiger partial charge in [-0.1, -0.05) is 26.2 Å². The van der Waals surface area contributed by atoms with Crippen molar-refractivity contribution in [2.45, 2.75) is 51.6 Å². The summed E-state index contributed by atoms with van der Waals surface area (Å²) in [5.74, 6) is 2.95. The van der Waals surface area contributed by atoms with Gasteiger partial charge < -0.3 is 10.7 Å². The van der Waals surface area contributed by atoms with Gasteiger partial charge in [-0.25, -0.2) is 24.8 Å². The number of hydrazine groups is 1. The quantitative estimate of drug-likeness (QED) is 0.790. The molecule has 2 aromatic heterocycles. The van der Waals surface area contributed by atoms with E-state index in [1.54, 1.807) is 0 Å². The summed E-state index contributed by atoms with van der Waals surface area (Å²) < 4.78 is 13.5. The van der Waals surface area contributed by atoms with Gasteiger partial charge in [-0.05, 0) is 25.3 Å². The molecule has 0 spiro atoms. The van der Waals surface area contributed by atoms with Gasteiger partial charge in [0.1, 0.15) is 29.4 Å². The number of pyridine rings is 1. The molecule has 0 bridgehead atoms. The highest BCUT2D eigenvalue weighted by molar-refractivity contribution is 5.53. The summed E-state index contributed by atoms with van der Waals surface area (Å²) in [6.45, 7) is 4.27. The summed E-state index contributed by atoms with van der Waals surface area (Å²) in [7, 11) is 0. The van der Waals surface area contributed by atoms with Crippen molar-refractivity contribution < 1.29 is 4.39 Å². The molecule has 132 valence electrons. The highest BCUT2D eigenvalue weighted by Gasteiger charge is 2.27. The number of aromatic nitrogens is 3. The maximum Gasteiger partial charge on any atom is 0.147 e. The summed E-state index contributed by atoms with van der Waals surface area (Å²) in [6, 6.07) is 3.40. The Morgan fingerprint density at radius 2 is 2.04 bits per heavy atom. The number of nitrogens with one attached hydrogen (secondary N) is 3. The van der Waals surface area contributed by atoms with Gasteiger partial charge in [0.2, 0.25) is 0 Å². The summed E-state index contributed by atoms with van der Waals surface area (Å²) >= 11 is 0. The predicted molar refractivity (Wildman–Crippen MR) is 94.5 cm³/mol. The van der Waals surface area contributed by atoms with Gasteiger partial charge in [0, 0.05) is 23.2 Å². The van der Waals surface area contributed by atoms with Crippen LogP contribution in [0, 0.1) is 18.7 Å². The molecule has 1 aliphatic heterocycles. The van der Waals surface area contributed by atoms with Crippen LogP contribution in [-0.2, 0) is 0 Å². The molecule has 3 atom stereocenters. The van der Waals surface area contributed by atoms with Crippen molar-refractivity contribution in [1.82, 2.24) is 20.4 Å². The Hall–Kier alpha value is -2.28. The molecule has 3 heterocycles. The van der Waals surface area contributed by atoms with Crippen LogP contribution in [0.3, 0.4) is 0 Å². The SMILES string of the molecule is Cc1cc(NC2NNc3ncc(F)cc32)nc(C2CCCCC2C)n1. The molecule has 0 saturated heterocycles. The molecule has 3 N–H and O–H groups in total. The first-order chi connectivity index (χ1) is 12.1. The number of aryl methyl sites for hydroxylation is 1. The third-order valence-electron chi connectivity index (χ3n) is 5.14. The second-order valence-electron chi connectivity index (χ2n) is 7.06. The smallest absolute Gasteiger partial charge is 0.147 e. The van der Waals surface area contributed by atoms with Gasteiger partial charge in [0.05, 0.1) is 6.20 Å². The molecule has 0 amide bonds. The van der Waals surface area contributed by atoms with Crippen molar-refractivity contribution in [2.75, 3.05) is 10.7 Å². The second-order valence-corrected chi connectivity index (χ2v) is 7.06. The lowest BCUT2D eigenvalue weighted by Crippen LogP contribution is -2.26. The fraction of sp³-hybridized carbons (Fsp3) is 0.500. The Balaban J connectivity index is 1.59. The molecular weight excluding hydrogens is 319 g/mol. The zero-order chi connectivity index (χ0) is 17.4. The van der Waals surface area contributed by atoms with Crippen molar-refractivity contribution in [2.24, 2.45) is 5.92 Å². The largest absolute Gasteiger partial charge is 0.349 e. The van der Waals surface area contributed by atoms with Crippen molar-refractivity contribution >= 4 is 11.6 Å². The average molecular weight is 342 g/mol. The van der Waals surface area contributed by atoms with E-state index in [9.17, 15) is 4.39 Å². The van der Waals surface area contributed by atoms with Gasteiger partial charge >= 0.3 is 0 Å². The fourth-order valence-electron chi connectivity index (χ4n) is 3.79. The number of rotatable bonds is 3. The Bertz CT molecular complexity index is 780. The van der Waals surface area contributed by atoms with Crippen LogP contribution in [0.4, 0.5) is 16.0 Å². The number of nitrogens with zero attached hydrogens (tertiary/aromatic N) is 3. The highest BCUT2D eigenvalue weighted by Crippen LogP contribution is 2.36. The lowest BCUT2D eigenvalue weighted by Gasteiger charge is -2.28. The van der Waals surface area contributed by atoms with E-state index in [2.05, 4.69) is 33.1 Å². The average Bonchev–Trinajstić information content (AvgIpc) is 2.97. The Morgan fingerprint density at radius 3 is 2.88 bits per heavy atom. The topological polar surface area (TPSA) is 74.8 Å². The van der Waals surface area contributed by atoms with Crippen LogP contribution < -0.4 is 16.2 Å². The van der Waals surface area contributed by atoms with Gasteiger partial charge in [0.15, 0.2) is 0 Å². The first kappa shape index (κ1) is 16.2.